The van der Waals surface area contributed by atoms with Crippen LogP contribution >= 0.6 is 0 Å². The number of H-pyrrole nitrogens is 2. The van der Waals surface area contributed by atoms with E-state index in [9.17, 15) is 9.59 Å². The van der Waals surface area contributed by atoms with Crippen molar-refractivity contribution >= 4 is 11.0 Å². The molecule has 0 atom stereocenters. The fraction of sp³-hybridized carbons (Fsp3) is 0. The molecule has 0 bridgehead atoms. The monoisotopic (exact) mass is 164 g/mol. The molecule has 0 fully saturated rings. The first-order valence-corrected chi connectivity index (χ1v) is 3.20. The van der Waals surface area contributed by atoms with Gasteiger partial charge in [-0.15, -0.1) is 0 Å². The molecule has 0 aromatic carbocycles. The first-order valence-electron chi connectivity index (χ1n) is 3.20. The Morgan fingerprint density at radius 1 is 1.25 bits per heavy atom. The highest BCUT2D eigenvalue weighted by Gasteiger charge is 1.98. The van der Waals surface area contributed by atoms with Crippen LogP contribution in [0.1, 0.15) is 0 Å². The third kappa shape index (κ3) is 0.895. The van der Waals surface area contributed by atoms with E-state index in [4.69, 9.17) is 0 Å². The molecular formula is C6H4N4O2. The number of rotatable bonds is 0. The van der Waals surface area contributed by atoms with Crippen molar-refractivity contribution in [1.29, 1.82) is 0 Å². The van der Waals surface area contributed by atoms with E-state index < -0.39 is 11.2 Å². The van der Waals surface area contributed by atoms with Crippen LogP contribution in [-0.4, -0.2) is 19.9 Å². The molecule has 2 heterocycles. The van der Waals surface area contributed by atoms with Crippen LogP contribution in [0.2, 0.25) is 0 Å². The SMILES string of the molecule is O=c1[nH]c(=O)c2cncnc2[nH]1. The normalized spacial score (nSPS) is 10.3. The van der Waals surface area contributed by atoms with E-state index in [1.165, 1.54) is 12.5 Å². The highest BCUT2D eigenvalue weighted by Crippen LogP contribution is 1.93. The Hall–Kier alpha value is -1.98. The van der Waals surface area contributed by atoms with Crippen molar-refractivity contribution in [3.63, 3.8) is 0 Å². The highest BCUT2D eigenvalue weighted by molar-refractivity contribution is 5.70. The lowest BCUT2D eigenvalue weighted by Gasteiger charge is -1.91. The molecule has 60 valence electrons. The van der Waals surface area contributed by atoms with Gasteiger partial charge in [0, 0.05) is 6.20 Å². The van der Waals surface area contributed by atoms with Gasteiger partial charge in [-0.2, -0.15) is 0 Å². The van der Waals surface area contributed by atoms with Crippen LogP contribution in [0, 0.1) is 0 Å². The molecule has 2 aromatic heterocycles. The topological polar surface area (TPSA) is 91.5 Å². The molecule has 0 unspecified atom stereocenters. The van der Waals surface area contributed by atoms with E-state index in [1.54, 1.807) is 0 Å². The van der Waals surface area contributed by atoms with Gasteiger partial charge >= 0.3 is 5.69 Å². The van der Waals surface area contributed by atoms with Gasteiger partial charge in [0.1, 0.15) is 17.4 Å². The molecule has 0 aliphatic carbocycles. The Labute approximate surface area is 65.3 Å². The number of fused-ring (bicyclic) bond motifs is 1. The van der Waals surface area contributed by atoms with E-state index in [2.05, 4.69) is 19.9 Å². The summed E-state index contributed by atoms with van der Waals surface area (Å²) < 4.78 is 0. The highest BCUT2D eigenvalue weighted by atomic mass is 16.2. The van der Waals surface area contributed by atoms with Gasteiger partial charge in [-0.1, -0.05) is 0 Å². The molecule has 6 nitrogen and oxygen atoms in total. The molecule has 0 saturated heterocycles. The lowest BCUT2D eigenvalue weighted by molar-refractivity contribution is 1.05. The zero-order chi connectivity index (χ0) is 8.55. The maximum Gasteiger partial charge on any atom is 0.327 e. The minimum Gasteiger partial charge on any atom is -0.291 e. The Morgan fingerprint density at radius 2 is 2.08 bits per heavy atom. The number of aromatic nitrogens is 4. The molecule has 12 heavy (non-hydrogen) atoms. The Kier molecular flexibility index (Phi) is 1.26. The molecule has 0 radical (unpaired) electrons. The van der Waals surface area contributed by atoms with E-state index in [0.717, 1.165) is 0 Å². The zero-order valence-electron chi connectivity index (χ0n) is 5.87. The van der Waals surface area contributed by atoms with Crippen molar-refractivity contribution in [3.8, 4) is 0 Å². The van der Waals surface area contributed by atoms with Crippen molar-refractivity contribution in [2.45, 2.75) is 0 Å². The average Bonchev–Trinajstić information content (AvgIpc) is 2.04. The van der Waals surface area contributed by atoms with Crippen molar-refractivity contribution in [2.24, 2.45) is 0 Å². The predicted molar refractivity (Wildman–Crippen MR) is 40.8 cm³/mol. The largest absolute Gasteiger partial charge is 0.327 e. The quantitative estimate of drug-likeness (QED) is 0.522. The maximum atomic E-state index is 11.0. The van der Waals surface area contributed by atoms with Gasteiger partial charge in [0.2, 0.25) is 0 Å². The lowest BCUT2D eigenvalue weighted by Crippen LogP contribution is -2.22. The standard InChI is InChI=1S/C6H4N4O2/c11-5-3-1-7-2-8-4(3)9-6(12)10-5/h1-2H,(H2,7,8,9,10,11,12). The average molecular weight is 164 g/mol. The van der Waals surface area contributed by atoms with Gasteiger partial charge in [0.05, 0.1) is 0 Å². The van der Waals surface area contributed by atoms with Gasteiger partial charge < -0.3 is 0 Å². The van der Waals surface area contributed by atoms with Crippen LogP contribution in [0.25, 0.3) is 11.0 Å². The molecule has 0 spiro atoms. The van der Waals surface area contributed by atoms with Crippen molar-refractivity contribution in [1.82, 2.24) is 19.9 Å². The Balaban J connectivity index is 3.09. The molecule has 0 aliphatic rings. The third-order valence-corrected chi connectivity index (χ3v) is 1.42. The Morgan fingerprint density at radius 3 is 2.92 bits per heavy atom. The molecule has 2 rings (SSSR count). The smallest absolute Gasteiger partial charge is 0.291 e. The number of aromatic amines is 2. The van der Waals surface area contributed by atoms with Gasteiger partial charge in [-0.25, -0.2) is 14.8 Å². The molecule has 0 aliphatic heterocycles. The lowest BCUT2D eigenvalue weighted by atomic mass is 10.4. The first kappa shape index (κ1) is 6.71. The van der Waals surface area contributed by atoms with Crippen LogP contribution in [-0.2, 0) is 0 Å². The summed E-state index contributed by atoms with van der Waals surface area (Å²) in [6, 6.07) is 0. The van der Waals surface area contributed by atoms with Crippen LogP contribution in [0.15, 0.2) is 22.1 Å². The second-order valence-electron chi connectivity index (χ2n) is 2.19. The van der Waals surface area contributed by atoms with Crippen molar-refractivity contribution < 1.29 is 0 Å². The van der Waals surface area contributed by atoms with Gasteiger partial charge in [-0.3, -0.25) is 14.8 Å². The minimum absolute atomic E-state index is 0.249. The van der Waals surface area contributed by atoms with Gasteiger partial charge in [0.15, 0.2) is 0 Å². The van der Waals surface area contributed by atoms with Crippen molar-refractivity contribution in [2.75, 3.05) is 0 Å². The number of nitrogens with zero attached hydrogens (tertiary/aromatic N) is 2. The molecule has 6 heteroatoms. The summed E-state index contributed by atoms with van der Waals surface area (Å²) in [4.78, 5) is 33.6. The van der Waals surface area contributed by atoms with Crippen molar-refractivity contribution in [3.05, 3.63) is 33.4 Å². The fourth-order valence-corrected chi connectivity index (χ4v) is 0.905. The van der Waals surface area contributed by atoms with E-state index in [1.807, 2.05) is 0 Å². The molecule has 2 N–H and O–H groups in total. The fourth-order valence-electron chi connectivity index (χ4n) is 0.905. The van der Waals surface area contributed by atoms with E-state index in [0.29, 0.717) is 0 Å². The number of nitrogens with one attached hydrogen (secondary N) is 2. The molecule has 0 amide bonds. The second-order valence-corrected chi connectivity index (χ2v) is 2.19. The second kappa shape index (κ2) is 2.26. The summed E-state index contributed by atoms with van der Waals surface area (Å²) in [6.45, 7) is 0. The molecular weight excluding hydrogens is 160 g/mol. The predicted octanol–water partition coefficient (Wildman–Crippen LogP) is -0.994. The Bertz CT molecular complexity index is 527. The number of hydrogen-bond acceptors (Lipinski definition) is 4. The summed E-state index contributed by atoms with van der Waals surface area (Å²) in [5.74, 6) is 0. The van der Waals surface area contributed by atoms with Crippen LogP contribution in [0.3, 0.4) is 0 Å². The summed E-state index contributed by atoms with van der Waals surface area (Å²) in [5.41, 5.74) is -0.792. The van der Waals surface area contributed by atoms with Crippen LogP contribution in [0.5, 0.6) is 0 Å². The summed E-state index contributed by atoms with van der Waals surface area (Å²) in [6.07, 6.45) is 2.61. The third-order valence-electron chi connectivity index (χ3n) is 1.42. The minimum atomic E-state index is -0.564. The first-order chi connectivity index (χ1) is 5.77. The summed E-state index contributed by atoms with van der Waals surface area (Å²) >= 11 is 0. The number of hydrogen-bond donors (Lipinski definition) is 2. The van der Waals surface area contributed by atoms with E-state index in [-0.39, 0.29) is 11.0 Å². The maximum absolute atomic E-state index is 11.0. The molecule has 0 saturated carbocycles. The van der Waals surface area contributed by atoms with Gasteiger partial charge in [-0.05, 0) is 0 Å². The summed E-state index contributed by atoms with van der Waals surface area (Å²) in [7, 11) is 0. The summed E-state index contributed by atoms with van der Waals surface area (Å²) in [5, 5.41) is 0.275. The van der Waals surface area contributed by atoms with Gasteiger partial charge in [0.25, 0.3) is 5.56 Å². The zero-order valence-corrected chi connectivity index (χ0v) is 5.87. The van der Waals surface area contributed by atoms with Crippen LogP contribution < -0.4 is 11.2 Å². The van der Waals surface area contributed by atoms with Crippen LogP contribution in [0.4, 0.5) is 0 Å². The molecule has 2 aromatic rings. The van der Waals surface area contributed by atoms with E-state index >= 15 is 0 Å².